The van der Waals surface area contributed by atoms with Crippen LogP contribution < -0.4 is 20.3 Å². The molecule has 0 aliphatic rings. The summed E-state index contributed by atoms with van der Waals surface area (Å²) in [6.07, 6.45) is 1.74. The molecule has 28 heavy (non-hydrogen) atoms. The van der Waals surface area contributed by atoms with Crippen LogP contribution in [0.5, 0.6) is 5.75 Å². The van der Waals surface area contributed by atoms with Crippen LogP contribution in [-0.4, -0.2) is 38.2 Å². The fourth-order valence-electron chi connectivity index (χ4n) is 2.42. The van der Waals surface area contributed by atoms with Crippen LogP contribution >= 0.6 is 24.0 Å². The van der Waals surface area contributed by atoms with Gasteiger partial charge < -0.3 is 20.3 Å². The molecule has 0 spiro atoms. The Kier molecular flexibility index (Phi) is 11.0. The molecule has 0 fully saturated rings. The molecule has 1 aromatic carbocycles. The van der Waals surface area contributed by atoms with Crippen LogP contribution in [0.2, 0.25) is 0 Å². The Hall–Kier alpha value is -2.29. The molecule has 0 unspecified atom stereocenters. The van der Waals surface area contributed by atoms with Gasteiger partial charge in [-0.1, -0.05) is 36.9 Å². The van der Waals surface area contributed by atoms with Gasteiger partial charge in [0.25, 0.3) is 0 Å². The number of hydrogen-bond acceptors (Lipinski definition) is 4. The normalized spacial score (nSPS) is 10.6. The van der Waals surface area contributed by atoms with Gasteiger partial charge in [0.1, 0.15) is 18.2 Å². The van der Waals surface area contributed by atoms with Crippen molar-refractivity contribution in [1.29, 1.82) is 0 Å². The largest absolute Gasteiger partial charge is 0.489 e. The summed E-state index contributed by atoms with van der Waals surface area (Å²) in [5.74, 6) is 2.51. The molecular formula is C21H30IN5O. The van der Waals surface area contributed by atoms with Gasteiger partial charge in [0.15, 0.2) is 5.96 Å². The highest BCUT2D eigenvalue weighted by Crippen LogP contribution is 2.18. The van der Waals surface area contributed by atoms with Gasteiger partial charge in [0.05, 0.1) is 18.8 Å². The van der Waals surface area contributed by atoms with E-state index >= 15 is 0 Å². The Labute approximate surface area is 185 Å². The molecule has 0 saturated carbocycles. The molecule has 0 radical (unpaired) electrons. The zero-order valence-corrected chi connectivity index (χ0v) is 19.1. The van der Waals surface area contributed by atoms with Gasteiger partial charge in [-0.25, -0.2) is 9.98 Å². The third-order valence-electron chi connectivity index (χ3n) is 3.77. The van der Waals surface area contributed by atoms with Crippen molar-refractivity contribution in [2.75, 3.05) is 32.1 Å². The maximum atomic E-state index is 5.70. The summed E-state index contributed by atoms with van der Waals surface area (Å²) >= 11 is 0. The second-order valence-electron chi connectivity index (χ2n) is 6.14. The van der Waals surface area contributed by atoms with Gasteiger partial charge in [0.2, 0.25) is 0 Å². The van der Waals surface area contributed by atoms with E-state index in [1.54, 1.807) is 6.08 Å². The van der Waals surface area contributed by atoms with Crippen molar-refractivity contribution in [3.05, 3.63) is 66.4 Å². The summed E-state index contributed by atoms with van der Waals surface area (Å²) < 4.78 is 5.70. The first-order chi connectivity index (χ1) is 13.1. The third kappa shape index (κ3) is 7.75. The summed E-state index contributed by atoms with van der Waals surface area (Å²) in [5.41, 5.74) is 1.99. The van der Waals surface area contributed by atoms with E-state index in [1.165, 1.54) is 0 Å². The van der Waals surface area contributed by atoms with Crippen molar-refractivity contribution >= 4 is 35.8 Å². The van der Waals surface area contributed by atoms with E-state index in [0.29, 0.717) is 19.7 Å². The minimum absolute atomic E-state index is 0. The SMILES string of the molecule is C=CCOc1ccccc1CN=C(NCC)NCc1cccc(N(C)C)n1.I. The van der Waals surface area contributed by atoms with Gasteiger partial charge in [-0.3, -0.25) is 0 Å². The third-order valence-corrected chi connectivity index (χ3v) is 3.77. The lowest BCUT2D eigenvalue weighted by Gasteiger charge is -2.14. The molecule has 0 amide bonds. The number of rotatable bonds is 9. The fraction of sp³-hybridized carbons (Fsp3) is 0.333. The summed E-state index contributed by atoms with van der Waals surface area (Å²) in [6.45, 7) is 8.12. The predicted molar refractivity (Wildman–Crippen MR) is 128 cm³/mol. The molecule has 6 nitrogen and oxygen atoms in total. The van der Waals surface area contributed by atoms with Crippen LogP contribution in [0.25, 0.3) is 0 Å². The Bertz CT molecular complexity index is 764. The molecule has 1 aromatic heterocycles. The van der Waals surface area contributed by atoms with Crippen molar-refractivity contribution in [2.24, 2.45) is 4.99 Å². The molecule has 0 aliphatic heterocycles. The molecule has 2 rings (SSSR count). The number of guanidine groups is 1. The van der Waals surface area contributed by atoms with E-state index in [2.05, 4.69) is 27.2 Å². The standard InChI is InChI=1S/C21H29N5O.HI/c1-5-14-27-19-12-8-7-10-17(19)15-23-21(22-6-2)24-16-18-11-9-13-20(25-18)26(3)4;/h5,7-13H,1,6,14-16H2,2-4H3,(H2,22,23,24);1H. The van der Waals surface area contributed by atoms with Crippen molar-refractivity contribution in [3.8, 4) is 5.75 Å². The fourth-order valence-corrected chi connectivity index (χ4v) is 2.42. The van der Waals surface area contributed by atoms with Crippen LogP contribution in [0.4, 0.5) is 5.82 Å². The Balaban J connectivity index is 0.00000392. The number of aromatic nitrogens is 1. The molecule has 0 bridgehead atoms. The highest BCUT2D eigenvalue weighted by atomic mass is 127. The zero-order valence-electron chi connectivity index (χ0n) is 16.8. The number of anilines is 1. The molecule has 0 aliphatic carbocycles. The Morgan fingerprint density at radius 2 is 1.96 bits per heavy atom. The van der Waals surface area contributed by atoms with Crippen molar-refractivity contribution in [2.45, 2.75) is 20.0 Å². The monoisotopic (exact) mass is 495 g/mol. The average molecular weight is 495 g/mol. The van der Waals surface area contributed by atoms with Gasteiger partial charge in [0, 0.05) is 26.2 Å². The number of benzene rings is 1. The van der Waals surface area contributed by atoms with Crippen LogP contribution in [0.1, 0.15) is 18.2 Å². The van der Waals surface area contributed by atoms with E-state index in [-0.39, 0.29) is 24.0 Å². The molecule has 7 heteroatoms. The average Bonchev–Trinajstić information content (AvgIpc) is 2.69. The second-order valence-corrected chi connectivity index (χ2v) is 6.14. The summed E-state index contributed by atoms with van der Waals surface area (Å²) in [5, 5.41) is 6.60. The number of ether oxygens (including phenoxy) is 1. The lowest BCUT2D eigenvalue weighted by Crippen LogP contribution is -2.37. The number of nitrogens with one attached hydrogen (secondary N) is 2. The molecule has 2 N–H and O–H groups in total. The molecular weight excluding hydrogens is 465 g/mol. The molecule has 152 valence electrons. The van der Waals surface area contributed by atoms with Gasteiger partial charge in [-0.15, -0.1) is 24.0 Å². The molecule has 2 aromatic rings. The lowest BCUT2D eigenvalue weighted by molar-refractivity contribution is 0.359. The quantitative estimate of drug-likeness (QED) is 0.241. The first-order valence-electron chi connectivity index (χ1n) is 9.11. The van der Waals surface area contributed by atoms with Crippen molar-refractivity contribution in [1.82, 2.24) is 15.6 Å². The Morgan fingerprint density at radius 1 is 1.18 bits per heavy atom. The minimum atomic E-state index is 0. The van der Waals surface area contributed by atoms with Crippen LogP contribution in [0.3, 0.4) is 0 Å². The Morgan fingerprint density at radius 3 is 2.68 bits per heavy atom. The van der Waals surface area contributed by atoms with E-state index in [0.717, 1.165) is 35.3 Å². The summed E-state index contributed by atoms with van der Waals surface area (Å²) in [7, 11) is 3.97. The number of para-hydroxylation sites is 1. The van der Waals surface area contributed by atoms with Crippen LogP contribution in [0, 0.1) is 0 Å². The van der Waals surface area contributed by atoms with E-state index in [9.17, 15) is 0 Å². The van der Waals surface area contributed by atoms with Crippen molar-refractivity contribution in [3.63, 3.8) is 0 Å². The lowest BCUT2D eigenvalue weighted by atomic mass is 10.2. The number of nitrogens with zero attached hydrogens (tertiary/aromatic N) is 3. The summed E-state index contributed by atoms with van der Waals surface area (Å²) in [6, 6.07) is 13.9. The number of halogens is 1. The minimum Gasteiger partial charge on any atom is -0.489 e. The maximum Gasteiger partial charge on any atom is 0.191 e. The molecule has 0 saturated heterocycles. The van der Waals surface area contributed by atoms with Crippen LogP contribution in [-0.2, 0) is 13.1 Å². The first kappa shape index (κ1) is 23.7. The number of pyridine rings is 1. The van der Waals surface area contributed by atoms with Gasteiger partial charge in [-0.05, 0) is 25.1 Å². The molecule has 1 heterocycles. The van der Waals surface area contributed by atoms with Crippen LogP contribution in [0.15, 0.2) is 60.1 Å². The zero-order chi connectivity index (χ0) is 19.5. The number of aliphatic imine (C=N–C) groups is 1. The smallest absolute Gasteiger partial charge is 0.191 e. The first-order valence-corrected chi connectivity index (χ1v) is 9.11. The van der Waals surface area contributed by atoms with Gasteiger partial charge >= 0.3 is 0 Å². The second kappa shape index (κ2) is 13.0. The summed E-state index contributed by atoms with van der Waals surface area (Å²) in [4.78, 5) is 11.3. The number of hydrogen-bond donors (Lipinski definition) is 2. The molecule has 0 atom stereocenters. The topological polar surface area (TPSA) is 61.8 Å². The van der Waals surface area contributed by atoms with Crippen molar-refractivity contribution < 1.29 is 4.74 Å². The van der Waals surface area contributed by atoms with E-state index in [1.807, 2.05) is 68.4 Å². The van der Waals surface area contributed by atoms with E-state index < -0.39 is 0 Å². The highest BCUT2D eigenvalue weighted by molar-refractivity contribution is 14.0. The highest BCUT2D eigenvalue weighted by Gasteiger charge is 2.04. The van der Waals surface area contributed by atoms with E-state index in [4.69, 9.17) is 4.74 Å². The predicted octanol–water partition coefficient (Wildman–Crippen LogP) is 3.59. The maximum absolute atomic E-state index is 5.70. The van der Waals surface area contributed by atoms with Gasteiger partial charge in [-0.2, -0.15) is 0 Å².